The molecule has 134 valence electrons. The van der Waals surface area contributed by atoms with Crippen LogP contribution in [-0.2, 0) is 16.1 Å². The molecule has 3 rings (SSSR count). The Kier molecular flexibility index (Phi) is 4.97. The van der Waals surface area contributed by atoms with E-state index in [1.165, 1.54) is 7.11 Å². The van der Waals surface area contributed by atoms with E-state index >= 15 is 0 Å². The van der Waals surface area contributed by atoms with Crippen LogP contribution in [-0.4, -0.2) is 37.1 Å². The van der Waals surface area contributed by atoms with Gasteiger partial charge in [0, 0.05) is 24.0 Å². The van der Waals surface area contributed by atoms with Gasteiger partial charge in [0.25, 0.3) is 0 Å². The van der Waals surface area contributed by atoms with E-state index in [2.05, 4.69) is 5.32 Å². The second kappa shape index (κ2) is 7.17. The average molecular weight is 344 g/mol. The van der Waals surface area contributed by atoms with Gasteiger partial charge in [-0.05, 0) is 25.3 Å². The fourth-order valence-electron chi connectivity index (χ4n) is 3.49. The zero-order valence-electron chi connectivity index (χ0n) is 14.9. The summed E-state index contributed by atoms with van der Waals surface area (Å²) in [6.07, 6.45) is 0.630. The lowest BCUT2D eigenvalue weighted by Crippen LogP contribution is -2.48. The first-order valence-electron chi connectivity index (χ1n) is 8.59. The third-order valence-corrected chi connectivity index (χ3v) is 5.04. The van der Waals surface area contributed by atoms with Crippen LogP contribution in [0.2, 0.25) is 0 Å². The Labute approximate surface area is 147 Å². The number of ether oxygens (including phenoxy) is 1. The summed E-state index contributed by atoms with van der Waals surface area (Å²) >= 11 is 0. The molecule has 1 fully saturated rings. The number of hydrogen-bond donors (Lipinski definition) is 1. The summed E-state index contributed by atoms with van der Waals surface area (Å²) in [6, 6.07) is 7.71. The maximum atomic E-state index is 12.4. The number of para-hydroxylation sites is 1. The highest BCUT2D eigenvalue weighted by Crippen LogP contribution is 2.26. The number of urea groups is 1. The number of nitrogens with zero attached hydrogens (tertiary/aromatic N) is 1. The Morgan fingerprint density at radius 1 is 1.36 bits per heavy atom. The zero-order valence-corrected chi connectivity index (χ0v) is 14.9. The van der Waals surface area contributed by atoms with Crippen molar-refractivity contribution in [1.82, 2.24) is 10.2 Å². The molecule has 0 spiro atoms. The molecule has 2 atom stereocenters. The minimum Gasteiger partial charge on any atom is -0.469 e. The van der Waals surface area contributed by atoms with Crippen molar-refractivity contribution in [1.29, 1.82) is 0 Å². The standard InChI is InChI=1S/C19H24N2O4/c1-12-11-21(9-8-14(12)18(22)24-3)19(23)20-10-17-13(2)15-6-4-5-7-16(15)25-17/h4-7,12,14H,8-11H2,1-3H3,(H,20,23)/t12-,14+/m0/s1. The molecule has 1 aliphatic heterocycles. The number of furan rings is 1. The molecule has 0 unspecified atom stereocenters. The number of carbonyl (C=O) groups is 2. The van der Waals surface area contributed by atoms with E-state index in [1.54, 1.807) is 4.90 Å². The van der Waals surface area contributed by atoms with Crippen molar-refractivity contribution < 1.29 is 18.7 Å². The summed E-state index contributed by atoms with van der Waals surface area (Å²) in [4.78, 5) is 25.9. The van der Waals surface area contributed by atoms with Crippen LogP contribution in [0, 0.1) is 18.8 Å². The van der Waals surface area contributed by atoms with Gasteiger partial charge in [-0.2, -0.15) is 0 Å². The van der Waals surface area contributed by atoms with Crippen LogP contribution in [0.15, 0.2) is 28.7 Å². The van der Waals surface area contributed by atoms with E-state index in [0.29, 0.717) is 26.1 Å². The third kappa shape index (κ3) is 3.48. The summed E-state index contributed by atoms with van der Waals surface area (Å²) in [5.41, 5.74) is 1.88. The van der Waals surface area contributed by atoms with Crippen molar-refractivity contribution in [3.63, 3.8) is 0 Å². The van der Waals surface area contributed by atoms with Crippen LogP contribution < -0.4 is 5.32 Å². The van der Waals surface area contributed by atoms with Gasteiger partial charge in [-0.25, -0.2) is 4.79 Å². The van der Waals surface area contributed by atoms with Crippen LogP contribution in [0.5, 0.6) is 0 Å². The lowest BCUT2D eigenvalue weighted by molar-refractivity contribution is -0.148. The molecule has 2 amide bonds. The summed E-state index contributed by atoms with van der Waals surface area (Å²) in [5.74, 6) is 0.532. The first kappa shape index (κ1) is 17.3. The van der Waals surface area contributed by atoms with Gasteiger partial charge < -0.3 is 19.4 Å². The maximum Gasteiger partial charge on any atom is 0.317 e. The van der Waals surface area contributed by atoms with E-state index in [1.807, 2.05) is 38.1 Å². The quantitative estimate of drug-likeness (QED) is 0.869. The molecule has 0 radical (unpaired) electrons. The largest absolute Gasteiger partial charge is 0.469 e. The van der Waals surface area contributed by atoms with Crippen molar-refractivity contribution in [3.8, 4) is 0 Å². The van der Waals surface area contributed by atoms with Crippen molar-refractivity contribution in [2.24, 2.45) is 11.8 Å². The number of nitrogens with one attached hydrogen (secondary N) is 1. The highest BCUT2D eigenvalue weighted by atomic mass is 16.5. The molecule has 0 saturated carbocycles. The Morgan fingerprint density at radius 3 is 2.80 bits per heavy atom. The van der Waals surface area contributed by atoms with E-state index in [-0.39, 0.29) is 23.8 Å². The Balaban J connectivity index is 1.59. The van der Waals surface area contributed by atoms with Gasteiger partial charge in [0.1, 0.15) is 11.3 Å². The fraction of sp³-hybridized carbons (Fsp3) is 0.474. The van der Waals surface area contributed by atoms with E-state index in [4.69, 9.17) is 9.15 Å². The molecule has 0 aliphatic carbocycles. The van der Waals surface area contributed by atoms with Crippen LogP contribution in [0.4, 0.5) is 4.79 Å². The molecule has 1 N–H and O–H groups in total. The SMILES string of the molecule is COC(=O)[C@@H]1CCN(C(=O)NCc2oc3ccccc3c2C)C[C@@H]1C. The molecule has 6 heteroatoms. The number of benzene rings is 1. The molecule has 25 heavy (non-hydrogen) atoms. The molecule has 2 aromatic rings. The van der Waals surface area contributed by atoms with Crippen LogP contribution in [0.25, 0.3) is 11.0 Å². The van der Waals surface area contributed by atoms with Gasteiger partial charge in [0.2, 0.25) is 0 Å². The predicted octanol–water partition coefficient (Wildman–Crippen LogP) is 3.08. The van der Waals surface area contributed by atoms with Crippen LogP contribution in [0.1, 0.15) is 24.7 Å². The first-order chi connectivity index (χ1) is 12.0. The second-order valence-electron chi connectivity index (χ2n) is 6.65. The van der Waals surface area contributed by atoms with E-state index < -0.39 is 0 Å². The lowest BCUT2D eigenvalue weighted by Gasteiger charge is -2.35. The van der Waals surface area contributed by atoms with Gasteiger partial charge >= 0.3 is 12.0 Å². The molecule has 1 aromatic carbocycles. The smallest absolute Gasteiger partial charge is 0.317 e. The van der Waals surface area contributed by atoms with Crippen LogP contribution >= 0.6 is 0 Å². The third-order valence-electron chi connectivity index (χ3n) is 5.04. The van der Waals surface area contributed by atoms with Gasteiger partial charge in [-0.15, -0.1) is 0 Å². The highest BCUT2D eigenvalue weighted by Gasteiger charge is 2.33. The van der Waals surface area contributed by atoms with E-state index in [0.717, 1.165) is 22.3 Å². The predicted molar refractivity (Wildman–Crippen MR) is 94.0 cm³/mol. The number of hydrogen-bond acceptors (Lipinski definition) is 4. The summed E-state index contributed by atoms with van der Waals surface area (Å²) in [5, 5.41) is 3.99. The normalized spacial score (nSPS) is 20.5. The summed E-state index contributed by atoms with van der Waals surface area (Å²) in [6.45, 7) is 5.42. The fourth-order valence-corrected chi connectivity index (χ4v) is 3.49. The first-order valence-corrected chi connectivity index (χ1v) is 8.59. The number of carbonyl (C=O) groups excluding carboxylic acids is 2. The van der Waals surface area contributed by atoms with Gasteiger partial charge in [0.15, 0.2) is 0 Å². The average Bonchev–Trinajstić information content (AvgIpc) is 2.95. The minimum absolute atomic E-state index is 0.0832. The molecule has 1 saturated heterocycles. The molecule has 1 aliphatic rings. The van der Waals surface area contributed by atoms with Crippen molar-refractivity contribution >= 4 is 23.0 Å². The van der Waals surface area contributed by atoms with Gasteiger partial charge in [-0.1, -0.05) is 25.1 Å². The number of rotatable bonds is 3. The zero-order chi connectivity index (χ0) is 18.0. The maximum absolute atomic E-state index is 12.4. The van der Waals surface area contributed by atoms with E-state index in [9.17, 15) is 9.59 Å². The Bertz CT molecular complexity index is 783. The van der Waals surface area contributed by atoms with Crippen molar-refractivity contribution in [2.45, 2.75) is 26.8 Å². The topological polar surface area (TPSA) is 71.8 Å². The number of aryl methyl sites for hydroxylation is 1. The summed E-state index contributed by atoms with van der Waals surface area (Å²) < 4.78 is 10.7. The Morgan fingerprint density at radius 2 is 2.12 bits per heavy atom. The number of fused-ring (bicyclic) bond motifs is 1. The number of likely N-dealkylation sites (tertiary alicyclic amines) is 1. The molecular weight excluding hydrogens is 320 g/mol. The molecule has 0 bridgehead atoms. The van der Waals surface area contributed by atoms with Gasteiger partial charge in [0.05, 0.1) is 19.6 Å². The number of amides is 2. The number of esters is 1. The monoisotopic (exact) mass is 344 g/mol. The minimum atomic E-state index is -0.189. The summed E-state index contributed by atoms with van der Waals surface area (Å²) in [7, 11) is 1.41. The van der Waals surface area contributed by atoms with Crippen molar-refractivity contribution in [2.75, 3.05) is 20.2 Å². The molecule has 6 nitrogen and oxygen atoms in total. The van der Waals surface area contributed by atoms with Crippen LogP contribution in [0.3, 0.4) is 0 Å². The molecule has 1 aromatic heterocycles. The number of methoxy groups -OCH3 is 1. The molecular formula is C19H24N2O4. The van der Waals surface area contributed by atoms with Crippen molar-refractivity contribution in [3.05, 3.63) is 35.6 Å². The Hall–Kier alpha value is -2.50. The highest BCUT2D eigenvalue weighted by molar-refractivity contribution is 5.82. The second-order valence-corrected chi connectivity index (χ2v) is 6.65. The number of piperidine rings is 1. The van der Waals surface area contributed by atoms with Gasteiger partial charge in [-0.3, -0.25) is 4.79 Å². The molecule has 2 heterocycles. The lowest BCUT2D eigenvalue weighted by atomic mass is 9.87.